The molecule has 0 atom stereocenters. The van der Waals surface area contributed by atoms with Crippen molar-refractivity contribution >= 4 is 32.7 Å². The molecule has 244 valence electrons. The molecule has 10 aromatic rings. The van der Waals surface area contributed by atoms with Crippen molar-refractivity contribution in [1.29, 1.82) is 0 Å². The highest BCUT2D eigenvalue weighted by Gasteiger charge is 2.22. The second-order valence-corrected chi connectivity index (χ2v) is 13.4. The monoisotopic (exact) mass is 662 g/mol. The molecule has 0 amide bonds. The molecule has 2 aromatic heterocycles. The molecule has 10 rings (SSSR count). The summed E-state index contributed by atoms with van der Waals surface area (Å²) < 4.78 is 4.82. The van der Waals surface area contributed by atoms with Crippen LogP contribution in [0.5, 0.6) is 0 Å². The number of benzene rings is 8. The second-order valence-electron chi connectivity index (χ2n) is 13.4. The molecule has 0 fully saturated rings. The average Bonchev–Trinajstić information content (AvgIpc) is 3.75. The summed E-state index contributed by atoms with van der Waals surface area (Å²) in [6.45, 7) is 0. The number of hydrogen-bond acceptors (Lipinski definition) is 0. The van der Waals surface area contributed by atoms with E-state index in [1.54, 1.807) is 0 Å². The summed E-state index contributed by atoms with van der Waals surface area (Å²) in [5, 5.41) is 3.73. The second kappa shape index (κ2) is 12.5. The molecule has 2 heteroatoms. The summed E-state index contributed by atoms with van der Waals surface area (Å²) >= 11 is 0. The van der Waals surface area contributed by atoms with Crippen molar-refractivity contribution < 1.29 is 0 Å². The van der Waals surface area contributed by atoms with Gasteiger partial charge in [0, 0.05) is 33.1 Å². The Morgan fingerprint density at radius 3 is 1.35 bits per heavy atom. The minimum Gasteiger partial charge on any atom is -0.309 e. The molecular formula is C50H34N2. The predicted molar refractivity (Wildman–Crippen MR) is 219 cm³/mol. The van der Waals surface area contributed by atoms with Crippen molar-refractivity contribution in [3.63, 3.8) is 0 Å². The van der Waals surface area contributed by atoms with Gasteiger partial charge in [-0.05, 0) is 88.0 Å². The maximum absolute atomic E-state index is 2.45. The van der Waals surface area contributed by atoms with E-state index in [4.69, 9.17) is 0 Å². The van der Waals surface area contributed by atoms with E-state index in [-0.39, 0.29) is 0 Å². The number of fused-ring (bicyclic) bond motifs is 4. The first-order valence-corrected chi connectivity index (χ1v) is 17.9. The van der Waals surface area contributed by atoms with Gasteiger partial charge in [-0.2, -0.15) is 0 Å². The Labute approximate surface area is 303 Å². The third-order valence-electron chi connectivity index (χ3n) is 10.3. The smallest absolute Gasteiger partial charge is 0.0619 e. The summed E-state index contributed by atoms with van der Waals surface area (Å²) in [5.74, 6) is 0. The van der Waals surface area contributed by atoms with Crippen LogP contribution >= 0.6 is 0 Å². The third kappa shape index (κ3) is 4.96. The van der Waals surface area contributed by atoms with Gasteiger partial charge >= 0.3 is 0 Å². The highest BCUT2D eigenvalue weighted by atomic mass is 15.0. The van der Waals surface area contributed by atoms with Crippen molar-refractivity contribution in [3.05, 3.63) is 206 Å². The molecule has 0 saturated carbocycles. The maximum atomic E-state index is 2.45. The lowest BCUT2D eigenvalue weighted by molar-refractivity contribution is 1.14. The molecule has 0 N–H and O–H groups in total. The zero-order valence-electron chi connectivity index (χ0n) is 28.5. The summed E-state index contributed by atoms with van der Waals surface area (Å²) in [7, 11) is 0. The van der Waals surface area contributed by atoms with Gasteiger partial charge in [0.1, 0.15) is 0 Å². The molecule has 2 nitrogen and oxygen atoms in total. The van der Waals surface area contributed by atoms with Crippen molar-refractivity contribution in [2.24, 2.45) is 0 Å². The predicted octanol–water partition coefficient (Wildman–Crippen LogP) is 13.4. The maximum Gasteiger partial charge on any atom is 0.0619 e. The van der Waals surface area contributed by atoms with E-state index < -0.39 is 0 Å². The van der Waals surface area contributed by atoms with Gasteiger partial charge in [0.15, 0.2) is 0 Å². The van der Waals surface area contributed by atoms with Gasteiger partial charge in [-0.15, -0.1) is 0 Å². The summed E-state index contributed by atoms with van der Waals surface area (Å²) in [5.41, 5.74) is 15.5. The average molecular weight is 663 g/mol. The molecular weight excluding hydrogens is 629 g/mol. The highest BCUT2D eigenvalue weighted by Crippen LogP contribution is 2.45. The highest BCUT2D eigenvalue weighted by molar-refractivity contribution is 6.11. The fourth-order valence-corrected chi connectivity index (χ4v) is 7.95. The van der Waals surface area contributed by atoms with Crippen LogP contribution in [0.15, 0.2) is 206 Å². The summed E-state index contributed by atoms with van der Waals surface area (Å²) in [6, 6.07) is 74.6. The van der Waals surface area contributed by atoms with E-state index in [2.05, 4.69) is 215 Å². The topological polar surface area (TPSA) is 9.86 Å². The first-order valence-electron chi connectivity index (χ1n) is 17.9. The van der Waals surface area contributed by atoms with E-state index in [1.165, 1.54) is 83.0 Å². The van der Waals surface area contributed by atoms with Gasteiger partial charge in [0.25, 0.3) is 0 Å². The van der Waals surface area contributed by atoms with E-state index in [0.717, 1.165) is 5.69 Å². The van der Waals surface area contributed by atoms with Crippen LogP contribution < -0.4 is 0 Å². The van der Waals surface area contributed by atoms with E-state index in [9.17, 15) is 0 Å². The van der Waals surface area contributed by atoms with Crippen molar-refractivity contribution in [3.8, 4) is 56.0 Å². The minimum atomic E-state index is 1.13. The van der Waals surface area contributed by atoms with Crippen LogP contribution in [-0.4, -0.2) is 9.13 Å². The largest absolute Gasteiger partial charge is 0.309 e. The van der Waals surface area contributed by atoms with Gasteiger partial charge in [-0.25, -0.2) is 0 Å². The Kier molecular flexibility index (Phi) is 7.18. The minimum absolute atomic E-state index is 1.13. The molecule has 0 unspecified atom stereocenters. The molecule has 2 heterocycles. The first kappa shape index (κ1) is 30.0. The van der Waals surface area contributed by atoms with Crippen LogP contribution in [0.1, 0.15) is 0 Å². The number of rotatable bonds is 6. The van der Waals surface area contributed by atoms with Gasteiger partial charge < -0.3 is 9.13 Å². The standard InChI is InChI=1S/C50H34N2/c1-5-15-35(16-6-1)36-25-29-42(30-26-36)52-48-32-28-40(34-45(48)49(37-17-7-2-8-18-37)50(52)38-19-9-3-10-20-38)39-27-31-47-44(33-39)43-23-13-14-24-46(43)51(47)41-21-11-4-12-22-41/h1-34H. The summed E-state index contributed by atoms with van der Waals surface area (Å²) in [4.78, 5) is 0. The van der Waals surface area contributed by atoms with Gasteiger partial charge in [0.05, 0.1) is 22.2 Å². The molecule has 8 aromatic carbocycles. The fraction of sp³-hybridized carbons (Fsp3) is 0. The van der Waals surface area contributed by atoms with Crippen molar-refractivity contribution in [2.75, 3.05) is 0 Å². The lowest BCUT2D eigenvalue weighted by atomic mass is 9.96. The zero-order valence-corrected chi connectivity index (χ0v) is 28.5. The van der Waals surface area contributed by atoms with Crippen LogP contribution in [0.4, 0.5) is 0 Å². The Morgan fingerprint density at radius 2 is 0.692 bits per heavy atom. The molecule has 0 aliphatic carbocycles. The van der Waals surface area contributed by atoms with E-state index in [1.807, 2.05) is 0 Å². The van der Waals surface area contributed by atoms with Crippen LogP contribution in [0.3, 0.4) is 0 Å². The van der Waals surface area contributed by atoms with Crippen LogP contribution in [0.2, 0.25) is 0 Å². The van der Waals surface area contributed by atoms with Crippen LogP contribution in [-0.2, 0) is 0 Å². The van der Waals surface area contributed by atoms with Crippen LogP contribution in [0, 0.1) is 0 Å². The molecule has 0 aliphatic rings. The summed E-state index contributed by atoms with van der Waals surface area (Å²) in [6.07, 6.45) is 0. The Balaban J connectivity index is 1.21. The molecule has 0 bridgehead atoms. The van der Waals surface area contributed by atoms with Crippen LogP contribution in [0.25, 0.3) is 88.7 Å². The SMILES string of the molecule is c1ccc(-c2ccc(-n3c(-c4ccccc4)c(-c4ccccc4)c4cc(-c5ccc6c(c5)c5ccccc5n6-c5ccccc5)ccc43)cc2)cc1. The Morgan fingerprint density at radius 1 is 0.250 bits per heavy atom. The van der Waals surface area contributed by atoms with Gasteiger partial charge in [-0.3, -0.25) is 0 Å². The molecule has 0 saturated heterocycles. The number of hydrogen-bond donors (Lipinski definition) is 0. The number of nitrogens with zero attached hydrogens (tertiary/aromatic N) is 2. The zero-order chi connectivity index (χ0) is 34.4. The molecule has 0 aliphatic heterocycles. The van der Waals surface area contributed by atoms with Gasteiger partial charge in [-0.1, -0.05) is 152 Å². The van der Waals surface area contributed by atoms with Crippen molar-refractivity contribution in [1.82, 2.24) is 9.13 Å². The lowest BCUT2D eigenvalue weighted by Crippen LogP contribution is -1.97. The number of aromatic nitrogens is 2. The normalized spacial score (nSPS) is 11.5. The third-order valence-corrected chi connectivity index (χ3v) is 10.3. The lowest BCUT2D eigenvalue weighted by Gasteiger charge is -2.14. The Bertz CT molecular complexity index is 2850. The molecule has 52 heavy (non-hydrogen) atoms. The van der Waals surface area contributed by atoms with Crippen molar-refractivity contribution in [2.45, 2.75) is 0 Å². The first-order chi connectivity index (χ1) is 25.8. The Hall–Kier alpha value is -6.90. The van der Waals surface area contributed by atoms with E-state index >= 15 is 0 Å². The number of para-hydroxylation sites is 2. The quantitative estimate of drug-likeness (QED) is 0.168. The van der Waals surface area contributed by atoms with E-state index in [0.29, 0.717) is 0 Å². The molecule has 0 spiro atoms. The molecule has 0 radical (unpaired) electrons. The fourth-order valence-electron chi connectivity index (χ4n) is 7.95. The van der Waals surface area contributed by atoms with Gasteiger partial charge in [0.2, 0.25) is 0 Å².